The van der Waals surface area contributed by atoms with Gasteiger partial charge in [0.25, 0.3) is 5.89 Å². The molecule has 1 heterocycles. The highest BCUT2D eigenvalue weighted by molar-refractivity contribution is 7.89. The summed E-state index contributed by atoms with van der Waals surface area (Å²) < 4.78 is 43.0. The Balaban J connectivity index is 1.36. The highest BCUT2D eigenvalue weighted by atomic mass is 32.2. The molecule has 0 spiro atoms. The molecular formula is C24H27N3O6S. The van der Waals surface area contributed by atoms with Gasteiger partial charge in [0.15, 0.2) is 6.61 Å². The quantitative estimate of drug-likeness (QED) is 0.439. The largest absolute Gasteiger partial charge is 0.497 e. The summed E-state index contributed by atoms with van der Waals surface area (Å²) in [4.78, 5) is 16.8. The molecule has 9 nitrogen and oxygen atoms in total. The molecule has 4 rings (SSSR count). The van der Waals surface area contributed by atoms with Gasteiger partial charge < -0.3 is 14.0 Å². The third-order valence-electron chi connectivity index (χ3n) is 5.99. The molecule has 2 aromatic carbocycles. The number of ether oxygens (including phenoxy) is 2. The number of carbonyl (C=O) groups is 1. The van der Waals surface area contributed by atoms with Crippen molar-refractivity contribution in [2.75, 3.05) is 14.2 Å². The Morgan fingerprint density at radius 2 is 1.74 bits per heavy atom. The number of methoxy groups -OCH3 is 1. The Labute approximate surface area is 198 Å². The molecule has 0 unspecified atom stereocenters. The number of hydrogen-bond acceptors (Lipinski definition) is 8. The van der Waals surface area contributed by atoms with Gasteiger partial charge in [0.2, 0.25) is 15.8 Å². The summed E-state index contributed by atoms with van der Waals surface area (Å²) in [6.07, 6.45) is 4.97. The van der Waals surface area contributed by atoms with Gasteiger partial charge in [-0.1, -0.05) is 24.4 Å². The molecule has 0 N–H and O–H groups in total. The summed E-state index contributed by atoms with van der Waals surface area (Å²) >= 11 is 0. The highest BCUT2D eigenvalue weighted by Crippen LogP contribution is 2.27. The highest BCUT2D eigenvalue weighted by Gasteiger charge is 2.29. The molecule has 1 aliphatic rings. The molecule has 1 saturated carbocycles. The van der Waals surface area contributed by atoms with E-state index >= 15 is 0 Å². The van der Waals surface area contributed by atoms with E-state index in [9.17, 15) is 13.2 Å². The minimum Gasteiger partial charge on any atom is -0.497 e. The zero-order chi connectivity index (χ0) is 24.1. The number of carbonyl (C=O) groups excluding carboxylic acids is 1. The van der Waals surface area contributed by atoms with Crippen LogP contribution in [0.25, 0.3) is 11.5 Å². The fourth-order valence-electron chi connectivity index (χ4n) is 3.95. The first-order chi connectivity index (χ1) is 16.4. The van der Waals surface area contributed by atoms with Gasteiger partial charge in [-0.15, -0.1) is 0 Å². The molecule has 1 fully saturated rings. The van der Waals surface area contributed by atoms with Crippen molar-refractivity contribution in [2.45, 2.75) is 49.6 Å². The maximum Gasteiger partial charge on any atom is 0.338 e. The number of aromatic nitrogens is 2. The van der Waals surface area contributed by atoms with Crippen LogP contribution in [0.3, 0.4) is 0 Å². The van der Waals surface area contributed by atoms with Crippen molar-refractivity contribution in [3.8, 4) is 17.2 Å². The number of nitrogens with zero attached hydrogens (tertiary/aromatic N) is 3. The van der Waals surface area contributed by atoms with E-state index in [0.29, 0.717) is 17.2 Å². The lowest BCUT2D eigenvalue weighted by atomic mass is 9.96. The van der Waals surface area contributed by atoms with E-state index in [4.69, 9.17) is 14.0 Å². The predicted molar refractivity (Wildman–Crippen MR) is 124 cm³/mol. The van der Waals surface area contributed by atoms with Crippen molar-refractivity contribution in [2.24, 2.45) is 0 Å². The van der Waals surface area contributed by atoms with Crippen molar-refractivity contribution in [1.29, 1.82) is 0 Å². The van der Waals surface area contributed by atoms with Crippen LogP contribution in [0, 0.1) is 0 Å². The van der Waals surface area contributed by atoms with Gasteiger partial charge >= 0.3 is 5.97 Å². The molecule has 1 aromatic heterocycles. The summed E-state index contributed by atoms with van der Waals surface area (Å²) in [7, 11) is -0.420. The number of hydrogen-bond donors (Lipinski definition) is 0. The molecule has 0 amide bonds. The predicted octanol–water partition coefficient (Wildman–Crippen LogP) is 4.06. The summed E-state index contributed by atoms with van der Waals surface area (Å²) in [6.45, 7) is -0.178. The molecule has 0 saturated heterocycles. The van der Waals surface area contributed by atoms with E-state index in [-0.39, 0.29) is 28.9 Å². The van der Waals surface area contributed by atoms with Crippen LogP contribution in [0.15, 0.2) is 57.9 Å². The number of sulfonamides is 1. The average Bonchev–Trinajstić information content (AvgIpc) is 3.36. The van der Waals surface area contributed by atoms with E-state index < -0.39 is 16.0 Å². The van der Waals surface area contributed by atoms with Crippen molar-refractivity contribution < 1.29 is 27.2 Å². The number of esters is 1. The molecule has 1 aliphatic carbocycles. The minimum absolute atomic E-state index is 0.0150. The topological polar surface area (TPSA) is 112 Å². The zero-order valence-electron chi connectivity index (χ0n) is 19.1. The van der Waals surface area contributed by atoms with Crippen LogP contribution in [-0.2, 0) is 21.4 Å². The summed E-state index contributed by atoms with van der Waals surface area (Å²) in [5.74, 6) is 0.607. The monoisotopic (exact) mass is 485 g/mol. The fourth-order valence-corrected chi connectivity index (χ4v) is 5.36. The van der Waals surface area contributed by atoms with E-state index in [1.54, 1.807) is 38.4 Å². The molecule has 3 aromatic rings. The van der Waals surface area contributed by atoms with Gasteiger partial charge in [-0.05, 0) is 61.4 Å². The first-order valence-corrected chi connectivity index (χ1v) is 12.5. The van der Waals surface area contributed by atoms with E-state index in [2.05, 4.69) is 10.1 Å². The molecule has 0 radical (unpaired) electrons. The standard InChI is InChI=1S/C24H27N3O6S/c1-27(19-6-4-3-5-7-19)34(29,30)21-14-10-18(11-15-21)24(28)32-16-22-25-23(33-26-22)17-8-12-20(31-2)13-9-17/h8-15,19H,3-7,16H2,1-2H3. The molecular weight excluding hydrogens is 458 g/mol. The molecule has 0 aliphatic heterocycles. The lowest BCUT2D eigenvalue weighted by Gasteiger charge is -2.30. The molecule has 34 heavy (non-hydrogen) atoms. The normalized spacial score (nSPS) is 14.8. The van der Waals surface area contributed by atoms with Crippen LogP contribution >= 0.6 is 0 Å². The van der Waals surface area contributed by atoms with Gasteiger partial charge in [-0.25, -0.2) is 13.2 Å². The van der Waals surface area contributed by atoms with Gasteiger partial charge in [0, 0.05) is 18.7 Å². The molecule has 0 bridgehead atoms. The second kappa shape index (κ2) is 10.4. The Bertz CT molecular complexity index is 1220. The smallest absolute Gasteiger partial charge is 0.338 e. The average molecular weight is 486 g/mol. The number of benzene rings is 2. The van der Waals surface area contributed by atoms with Crippen molar-refractivity contribution in [3.63, 3.8) is 0 Å². The van der Waals surface area contributed by atoms with E-state index in [1.807, 2.05) is 0 Å². The third-order valence-corrected chi connectivity index (χ3v) is 7.92. The summed E-state index contributed by atoms with van der Waals surface area (Å²) in [6, 6.07) is 12.9. The van der Waals surface area contributed by atoms with Crippen LogP contribution < -0.4 is 4.74 Å². The Morgan fingerprint density at radius 3 is 2.38 bits per heavy atom. The minimum atomic E-state index is -3.62. The van der Waals surface area contributed by atoms with Crippen LogP contribution in [0.5, 0.6) is 5.75 Å². The van der Waals surface area contributed by atoms with E-state index in [1.165, 1.54) is 28.6 Å². The molecule has 10 heteroatoms. The van der Waals surface area contributed by atoms with Crippen LogP contribution in [0.1, 0.15) is 48.3 Å². The number of rotatable bonds is 8. The first-order valence-electron chi connectivity index (χ1n) is 11.1. The second-order valence-corrected chi connectivity index (χ2v) is 10.2. The molecule has 180 valence electrons. The fraction of sp³-hybridized carbons (Fsp3) is 0.375. The van der Waals surface area contributed by atoms with Crippen LogP contribution in [-0.4, -0.2) is 49.0 Å². The lowest BCUT2D eigenvalue weighted by Crippen LogP contribution is -2.38. The van der Waals surface area contributed by atoms with Crippen LogP contribution in [0.2, 0.25) is 0 Å². The maximum atomic E-state index is 13.0. The maximum absolute atomic E-state index is 13.0. The van der Waals surface area contributed by atoms with Gasteiger partial charge in [0.05, 0.1) is 17.6 Å². The van der Waals surface area contributed by atoms with Crippen molar-refractivity contribution in [3.05, 3.63) is 59.9 Å². The SMILES string of the molecule is COc1ccc(-c2nc(COC(=O)c3ccc(S(=O)(=O)N(C)C4CCCCC4)cc3)no2)cc1. The van der Waals surface area contributed by atoms with E-state index in [0.717, 1.165) is 32.1 Å². The summed E-state index contributed by atoms with van der Waals surface area (Å²) in [5.41, 5.74) is 0.944. The van der Waals surface area contributed by atoms with Crippen LogP contribution in [0.4, 0.5) is 0 Å². The second-order valence-electron chi connectivity index (χ2n) is 8.16. The molecule has 0 atom stereocenters. The van der Waals surface area contributed by atoms with Gasteiger partial charge in [-0.3, -0.25) is 0 Å². The lowest BCUT2D eigenvalue weighted by molar-refractivity contribution is 0.0459. The Kier molecular flexibility index (Phi) is 7.28. The summed E-state index contributed by atoms with van der Waals surface area (Å²) in [5, 5.41) is 3.83. The third kappa shape index (κ3) is 5.28. The van der Waals surface area contributed by atoms with Gasteiger partial charge in [0.1, 0.15) is 5.75 Å². The zero-order valence-corrected chi connectivity index (χ0v) is 20.0. The van der Waals surface area contributed by atoms with Crippen molar-refractivity contribution >= 4 is 16.0 Å². The Hall–Kier alpha value is -3.24. The first kappa shape index (κ1) is 23.9. The van der Waals surface area contributed by atoms with Gasteiger partial charge in [-0.2, -0.15) is 9.29 Å². The Morgan fingerprint density at radius 1 is 1.06 bits per heavy atom. The van der Waals surface area contributed by atoms with Crippen molar-refractivity contribution in [1.82, 2.24) is 14.4 Å².